The fourth-order valence-electron chi connectivity index (χ4n) is 4.08. The van der Waals surface area contributed by atoms with Crippen LogP contribution in [0.3, 0.4) is 0 Å². The number of anilines is 2. The van der Waals surface area contributed by atoms with E-state index in [0.717, 1.165) is 49.4 Å². The number of piperidine rings is 1. The first-order valence-electron chi connectivity index (χ1n) is 9.58. The van der Waals surface area contributed by atoms with E-state index in [-0.39, 0.29) is 0 Å². The van der Waals surface area contributed by atoms with Gasteiger partial charge in [0.05, 0.1) is 5.52 Å². The minimum Gasteiger partial charge on any atom is -0.356 e. The third kappa shape index (κ3) is 3.19. The van der Waals surface area contributed by atoms with Crippen molar-refractivity contribution < 1.29 is 0 Å². The van der Waals surface area contributed by atoms with Gasteiger partial charge in [-0.05, 0) is 43.7 Å². The normalized spacial score (nSPS) is 22.6. The van der Waals surface area contributed by atoms with E-state index in [1.807, 2.05) is 0 Å². The van der Waals surface area contributed by atoms with Crippen molar-refractivity contribution in [2.24, 2.45) is 5.92 Å². The summed E-state index contributed by atoms with van der Waals surface area (Å²) in [6.07, 6.45) is 7.80. The van der Waals surface area contributed by atoms with Gasteiger partial charge in [-0.15, -0.1) is 0 Å². The molecule has 1 atom stereocenters. The van der Waals surface area contributed by atoms with Gasteiger partial charge in [0.15, 0.2) is 0 Å². The lowest BCUT2D eigenvalue weighted by Crippen LogP contribution is -2.36. The zero-order valence-electron chi connectivity index (χ0n) is 14.7. The number of hydrogen-bond donors (Lipinski definition) is 0. The minimum absolute atomic E-state index is 0.732. The maximum Gasteiger partial charge on any atom is 0.227 e. The van der Waals surface area contributed by atoms with Gasteiger partial charge in [0.25, 0.3) is 0 Å². The number of para-hydroxylation sites is 1. The molecular formula is C20H28N4. The van der Waals surface area contributed by atoms with E-state index >= 15 is 0 Å². The Morgan fingerprint density at radius 2 is 1.62 bits per heavy atom. The monoisotopic (exact) mass is 324 g/mol. The molecule has 1 aromatic carbocycles. The predicted molar refractivity (Wildman–Crippen MR) is 101 cm³/mol. The third-order valence-electron chi connectivity index (χ3n) is 5.42. The quantitative estimate of drug-likeness (QED) is 0.827. The van der Waals surface area contributed by atoms with Crippen molar-refractivity contribution in [3.05, 3.63) is 24.3 Å². The Hall–Kier alpha value is -1.84. The highest BCUT2D eigenvalue weighted by atomic mass is 15.3. The van der Waals surface area contributed by atoms with E-state index < -0.39 is 0 Å². The fourth-order valence-corrected chi connectivity index (χ4v) is 4.08. The molecule has 4 rings (SSSR count). The summed E-state index contributed by atoms with van der Waals surface area (Å²) in [4.78, 5) is 14.9. The van der Waals surface area contributed by atoms with Gasteiger partial charge in [0.2, 0.25) is 5.95 Å². The van der Waals surface area contributed by atoms with Gasteiger partial charge in [0, 0.05) is 31.6 Å². The van der Waals surface area contributed by atoms with Crippen LogP contribution in [0, 0.1) is 5.92 Å². The molecule has 2 saturated heterocycles. The van der Waals surface area contributed by atoms with E-state index in [4.69, 9.17) is 9.97 Å². The van der Waals surface area contributed by atoms with Gasteiger partial charge in [-0.25, -0.2) is 4.98 Å². The molecular weight excluding hydrogens is 296 g/mol. The Morgan fingerprint density at radius 1 is 0.875 bits per heavy atom. The molecule has 24 heavy (non-hydrogen) atoms. The summed E-state index contributed by atoms with van der Waals surface area (Å²) in [6, 6.07) is 8.51. The molecule has 2 aromatic rings. The van der Waals surface area contributed by atoms with Gasteiger partial charge in [-0.2, -0.15) is 4.98 Å². The Kier molecular flexibility index (Phi) is 4.54. The van der Waals surface area contributed by atoms with Crippen molar-refractivity contribution in [1.29, 1.82) is 0 Å². The predicted octanol–water partition coefficient (Wildman–Crippen LogP) is 4.25. The summed E-state index contributed by atoms with van der Waals surface area (Å²) < 4.78 is 0. The van der Waals surface area contributed by atoms with Crippen LogP contribution in [-0.4, -0.2) is 36.1 Å². The van der Waals surface area contributed by atoms with Gasteiger partial charge in [0.1, 0.15) is 5.82 Å². The molecule has 4 heteroatoms. The van der Waals surface area contributed by atoms with Crippen LogP contribution in [0.4, 0.5) is 11.8 Å². The Morgan fingerprint density at radius 3 is 2.42 bits per heavy atom. The molecule has 2 aliphatic heterocycles. The van der Waals surface area contributed by atoms with Crippen LogP contribution in [0.5, 0.6) is 0 Å². The second kappa shape index (κ2) is 6.96. The van der Waals surface area contributed by atoms with Crippen LogP contribution in [0.1, 0.15) is 45.4 Å². The second-order valence-electron chi connectivity index (χ2n) is 7.46. The second-order valence-corrected chi connectivity index (χ2v) is 7.46. The SMILES string of the molecule is CC1CCCN(c2nc(N3CCCCCC3)c3ccccc3n2)C1. The molecule has 0 N–H and O–H groups in total. The third-order valence-corrected chi connectivity index (χ3v) is 5.42. The first-order chi connectivity index (χ1) is 11.8. The maximum absolute atomic E-state index is 5.07. The topological polar surface area (TPSA) is 32.3 Å². The Labute approximate surface area is 144 Å². The van der Waals surface area contributed by atoms with Crippen molar-refractivity contribution in [3.63, 3.8) is 0 Å². The van der Waals surface area contributed by atoms with Crippen LogP contribution < -0.4 is 9.80 Å². The van der Waals surface area contributed by atoms with Gasteiger partial charge in [-0.1, -0.05) is 31.9 Å². The number of hydrogen-bond acceptors (Lipinski definition) is 4. The minimum atomic E-state index is 0.732. The zero-order valence-corrected chi connectivity index (χ0v) is 14.7. The summed E-state index contributed by atoms with van der Waals surface area (Å²) in [6.45, 7) is 6.75. The largest absolute Gasteiger partial charge is 0.356 e. The molecule has 1 unspecified atom stereocenters. The smallest absolute Gasteiger partial charge is 0.227 e. The van der Waals surface area contributed by atoms with Crippen molar-refractivity contribution in [2.75, 3.05) is 36.0 Å². The van der Waals surface area contributed by atoms with Gasteiger partial charge >= 0.3 is 0 Å². The van der Waals surface area contributed by atoms with Crippen molar-refractivity contribution in [1.82, 2.24) is 9.97 Å². The zero-order chi connectivity index (χ0) is 16.4. The molecule has 2 fully saturated rings. The molecule has 0 aliphatic carbocycles. The molecule has 2 aliphatic rings. The van der Waals surface area contributed by atoms with E-state index in [2.05, 4.69) is 41.0 Å². The molecule has 128 valence electrons. The molecule has 0 amide bonds. The summed E-state index contributed by atoms with van der Waals surface area (Å²) in [5.74, 6) is 2.81. The lowest BCUT2D eigenvalue weighted by Gasteiger charge is -2.32. The van der Waals surface area contributed by atoms with Crippen LogP contribution in [0.2, 0.25) is 0 Å². The van der Waals surface area contributed by atoms with Gasteiger partial charge in [-0.3, -0.25) is 0 Å². The highest BCUT2D eigenvalue weighted by Gasteiger charge is 2.22. The van der Waals surface area contributed by atoms with E-state index in [9.17, 15) is 0 Å². The lowest BCUT2D eigenvalue weighted by atomic mass is 10.0. The Bertz CT molecular complexity index is 691. The molecule has 0 saturated carbocycles. The number of rotatable bonds is 2. The highest BCUT2D eigenvalue weighted by Crippen LogP contribution is 2.29. The molecule has 4 nitrogen and oxygen atoms in total. The van der Waals surface area contributed by atoms with Crippen LogP contribution in [0.25, 0.3) is 10.9 Å². The number of fused-ring (bicyclic) bond motifs is 1. The van der Waals surface area contributed by atoms with Crippen LogP contribution in [-0.2, 0) is 0 Å². The fraction of sp³-hybridized carbons (Fsp3) is 0.600. The van der Waals surface area contributed by atoms with Crippen molar-refractivity contribution in [3.8, 4) is 0 Å². The van der Waals surface area contributed by atoms with Gasteiger partial charge < -0.3 is 9.80 Å². The standard InChI is InChI=1S/C20H28N4/c1-16-9-8-14-24(15-16)20-21-18-11-5-4-10-17(18)19(22-20)23-12-6-2-3-7-13-23/h4-5,10-11,16H,2-3,6-9,12-15H2,1H3. The number of benzene rings is 1. The van der Waals surface area contributed by atoms with E-state index in [0.29, 0.717) is 0 Å². The average Bonchev–Trinajstić information content (AvgIpc) is 2.90. The molecule has 1 aromatic heterocycles. The summed E-state index contributed by atoms with van der Waals surface area (Å²) in [5, 5.41) is 1.20. The number of nitrogens with zero attached hydrogens (tertiary/aromatic N) is 4. The summed E-state index contributed by atoms with van der Waals surface area (Å²) in [7, 11) is 0. The van der Waals surface area contributed by atoms with Crippen molar-refractivity contribution in [2.45, 2.75) is 45.4 Å². The van der Waals surface area contributed by atoms with E-state index in [1.165, 1.54) is 43.9 Å². The molecule has 3 heterocycles. The first kappa shape index (κ1) is 15.7. The van der Waals surface area contributed by atoms with Crippen molar-refractivity contribution >= 4 is 22.7 Å². The first-order valence-corrected chi connectivity index (χ1v) is 9.58. The molecule has 0 bridgehead atoms. The van der Waals surface area contributed by atoms with E-state index in [1.54, 1.807) is 0 Å². The van der Waals surface area contributed by atoms with Crippen LogP contribution in [0.15, 0.2) is 24.3 Å². The van der Waals surface area contributed by atoms with Crippen LogP contribution >= 0.6 is 0 Å². The summed E-state index contributed by atoms with van der Waals surface area (Å²) >= 11 is 0. The molecule has 0 spiro atoms. The lowest BCUT2D eigenvalue weighted by molar-refractivity contribution is 0.442. The summed E-state index contributed by atoms with van der Waals surface area (Å²) in [5.41, 5.74) is 1.08. The Balaban J connectivity index is 1.75. The highest BCUT2D eigenvalue weighted by molar-refractivity contribution is 5.90. The average molecular weight is 324 g/mol. The molecule has 0 radical (unpaired) electrons. The maximum atomic E-state index is 5.07. The number of aromatic nitrogens is 2.